The third-order valence-corrected chi connectivity index (χ3v) is 4.02. The molecular formula is C22H24Cl2O3. The van der Waals surface area contributed by atoms with E-state index in [4.69, 9.17) is 27.9 Å². The van der Waals surface area contributed by atoms with Crippen LogP contribution in [0.1, 0.15) is 61.3 Å². The van der Waals surface area contributed by atoms with Gasteiger partial charge in [0.15, 0.2) is 11.6 Å². The highest BCUT2D eigenvalue weighted by Crippen LogP contribution is 2.26. The number of benzene rings is 2. The Morgan fingerprint density at radius 3 is 1.26 bits per heavy atom. The Morgan fingerprint density at radius 2 is 1.00 bits per heavy atom. The molecule has 0 aliphatic rings. The molecule has 0 unspecified atom stereocenters. The molecule has 2 aromatic carbocycles. The average Bonchev–Trinajstić information content (AvgIpc) is 2.53. The summed E-state index contributed by atoms with van der Waals surface area (Å²) in [6.07, 6.45) is 0.534. The van der Waals surface area contributed by atoms with Crippen molar-refractivity contribution in [3.8, 4) is 11.5 Å². The lowest BCUT2D eigenvalue weighted by molar-refractivity contribution is 0.0964. The van der Waals surface area contributed by atoms with Gasteiger partial charge < -0.3 is 4.74 Å². The predicted octanol–water partition coefficient (Wildman–Crippen LogP) is 6.66. The van der Waals surface area contributed by atoms with E-state index in [2.05, 4.69) is 0 Å². The van der Waals surface area contributed by atoms with Crippen molar-refractivity contribution in [3.63, 3.8) is 0 Å². The molecule has 3 nitrogen and oxygen atoms in total. The Hall–Kier alpha value is -1.84. The molecule has 0 bridgehead atoms. The summed E-state index contributed by atoms with van der Waals surface area (Å²) in [6, 6.07) is 13.9. The van der Waals surface area contributed by atoms with Crippen LogP contribution >= 0.6 is 23.2 Å². The largest absolute Gasteiger partial charge is 0.457 e. The Balaban J connectivity index is 2.01. The summed E-state index contributed by atoms with van der Waals surface area (Å²) < 4.78 is 5.77. The number of halogens is 2. The van der Waals surface area contributed by atoms with Crippen molar-refractivity contribution >= 4 is 34.8 Å². The first kappa shape index (κ1) is 21.5. The molecule has 144 valence electrons. The maximum Gasteiger partial charge on any atom is 0.164 e. The first-order valence-corrected chi connectivity index (χ1v) is 9.51. The topological polar surface area (TPSA) is 43.4 Å². The molecule has 0 amide bonds. The summed E-state index contributed by atoms with van der Waals surface area (Å²) in [5, 5.41) is 0. The number of hydrogen-bond acceptors (Lipinski definition) is 3. The van der Waals surface area contributed by atoms with E-state index in [1.807, 2.05) is 27.7 Å². The van der Waals surface area contributed by atoms with Crippen molar-refractivity contribution in [3.05, 3.63) is 59.7 Å². The number of carbonyl (C=O) groups excluding carboxylic acids is 2. The molecule has 0 fully saturated rings. The third-order valence-electron chi connectivity index (χ3n) is 3.75. The fraction of sp³-hybridized carbons (Fsp3) is 0.364. The Labute approximate surface area is 170 Å². The van der Waals surface area contributed by atoms with Crippen molar-refractivity contribution in [1.82, 2.24) is 0 Å². The maximum absolute atomic E-state index is 12.2. The molecule has 27 heavy (non-hydrogen) atoms. The van der Waals surface area contributed by atoms with Crippen LogP contribution in [-0.4, -0.2) is 21.3 Å². The van der Waals surface area contributed by atoms with Crippen LogP contribution in [0.5, 0.6) is 11.5 Å². The van der Waals surface area contributed by atoms with Crippen LogP contribution in [0.3, 0.4) is 0 Å². The van der Waals surface area contributed by atoms with Crippen LogP contribution < -0.4 is 4.74 Å². The molecular weight excluding hydrogens is 383 g/mol. The van der Waals surface area contributed by atoms with E-state index in [0.717, 1.165) is 0 Å². The number of ether oxygens (including phenoxy) is 1. The van der Waals surface area contributed by atoms with Gasteiger partial charge in [0.05, 0.1) is 0 Å². The van der Waals surface area contributed by atoms with E-state index in [9.17, 15) is 9.59 Å². The molecule has 0 atom stereocenters. The van der Waals surface area contributed by atoms with Gasteiger partial charge in [-0.3, -0.25) is 9.59 Å². The molecule has 2 aromatic rings. The zero-order valence-corrected chi connectivity index (χ0v) is 17.5. The quantitative estimate of drug-likeness (QED) is 0.363. The molecule has 0 N–H and O–H groups in total. The Bertz CT molecular complexity index is 726. The number of alkyl halides is 2. The second-order valence-electron chi connectivity index (χ2n) is 7.79. The molecule has 0 spiro atoms. The molecule has 0 radical (unpaired) electrons. The van der Waals surface area contributed by atoms with Gasteiger partial charge in [0.1, 0.15) is 11.5 Å². The third kappa shape index (κ3) is 7.36. The monoisotopic (exact) mass is 406 g/mol. The van der Waals surface area contributed by atoms with Gasteiger partial charge in [-0.2, -0.15) is 0 Å². The van der Waals surface area contributed by atoms with E-state index in [-0.39, 0.29) is 24.4 Å². The van der Waals surface area contributed by atoms with Crippen molar-refractivity contribution in [2.24, 2.45) is 0 Å². The number of rotatable bonds is 8. The van der Waals surface area contributed by atoms with Crippen molar-refractivity contribution in [1.29, 1.82) is 0 Å². The van der Waals surface area contributed by atoms with Gasteiger partial charge >= 0.3 is 0 Å². The van der Waals surface area contributed by atoms with E-state index in [1.54, 1.807) is 48.5 Å². The first-order chi connectivity index (χ1) is 12.4. The molecule has 2 rings (SSSR count). The van der Waals surface area contributed by atoms with Gasteiger partial charge in [-0.05, 0) is 76.2 Å². The van der Waals surface area contributed by atoms with Crippen molar-refractivity contribution < 1.29 is 14.3 Å². The summed E-state index contributed by atoms with van der Waals surface area (Å²) in [4.78, 5) is 23.2. The molecule has 0 heterocycles. The van der Waals surface area contributed by atoms with Crippen LogP contribution in [0.25, 0.3) is 0 Å². The smallest absolute Gasteiger partial charge is 0.164 e. The Kier molecular flexibility index (Phi) is 6.72. The highest BCUT2D eigenvalue weighted by atomic mass is 35.5. The molecule has 0 saturated heterocycles. The van der Waals surface area contributed by atoms with E-state index < -0.39 is 9.75 Å². The van der Waals surface area contributed by atoms with Crippen LogP contribution in [-0.2, 0) is 0 Å². The maximum atomic E-state index is 12.2. The van der Waals surface area contributed by atoms with Crippen LogP contribution in [0.15, 0.2) is 48.5 Å². The molecule has 0 aliphatic heterocycles. The van der Waals surface area contributed by atoms with Gasteiger partial charge in [0.25, 0.3) is 0 Å². The molecule has 0 aliphatic carbocycles. The summed E-state index contributed by atoms with van der Waals surface area (Å²) in [5.74, 6) is 1.20. The summed E-state index contributed by atoms with van der Waals surface area (Å²) in [5.41, 5.74) is 1.20. The second-order valence-corrected chi connectivity index (χ2v) is 9.83. The van der Waals surface area contributed by atoms with Gasteiger partial charge in [-0.1, -0.05) is 0 Å². The van der Waals surface area contributed by atoms with E-state index >= 15 is 0 Å². The second kappa shape index (κ2) is 8.45. The van der Waals surface area contributed by atoms with Crippen LogP contribution in [0.4, 0.5) is 0 Å². The fourth-order valence-corrected chi connectivity index (χ4v) is 2.76. The predicted molar refractivity (Wildman–Crippen MR) is 111 cm³/mol. The number of hydrogen-bond donors (Lipinski definition) is 0. The molecule has 5 heteroatoms. The Morgan fingerprint density at radius 1 is 0.704 bits per heavy atom. The number of carbonyl (C=O) groups is 2. The minimum Gasteiger partial charge on any atom is -0.457 e. The highest BCUT2D eigenvalue weighted by Gasteiger charge is 2.20. The lowest BCUT2D eigenvalue weighted by atomic mass is 10.0. The normalized spacial score (nSPS) is 11.9. The van der Waals surface area contributed by atoms with Crippen LogP contribution in [0, 0.1) is 0 Å². The van der Waals surface area contributed by atoms with Gasteiger partial charge in [-0.15, -0.1) is 23.2 Å². The lowest BCUT2D eigenvalue weighted by Crippen LogP contribution is -2.16. The van der Waals surface area contributed by atoms with Gasteiger partial charge in [-0.25, -0.2) is 0 Å². The zero-order valence-electron chi connectivity index (χ0n) is 16.0. The first-order valence-electron chi connectivity index (χ1n) is 8.75. The van der Waals surface area contributed by atoms with Gasteiger partial charge in [0.2, 0.25) is 0 Å². The minimum atomic E-state index is -0.565. The fourth-order valence-electron chi connectivity index (χ4n) is 2.52. The number of Topliss-reactive ketones (excluding diaryl/α,β-unsaturated/α-hetero) is 2. The molecule has 0 saturated carbocycles. The number of ketones is 2. The summed E-state index contributed by atoms with van der Waals surface area (Å²) in [6.45, 7) is 7.25. The average molecular weight is 407 g/mol. The molecule has 0 aromatic heterocycles. The summed E-state index contributed by atoms with van der Waals surface area (Å²) in [7, 11) is 0. The highest BCUT2D eigenvalue weighted by molar-refractivity contribution is 6.25. The standard InChI is InChI=1S/C22H24Cl2O3/c1-21(2,23)13-19(25)15-5-9-17(10-6-15)27-18-11-7-16(8-12-18)20(26)14-22(3,4)24/h5-12H,13-14H2,1-4H3. The van der Waals surface area contributed by atoms with Crippen molar-refractivity contribution in [2.45, 2.75) is 50.3 Å². The SMILES string of the molecule is CC(C)(Cl)CC(=O)c1ccc(Oc2ccc(C(=O)CC(C)(C)Cl)cc2)cc1. The van der Waals surface area contributed by atoms with E-state index in [1.165, 1.54) is 0 Å². The van der Waals surface area contributed by atoms with Gasteiger partial charge in [0, 0.05) is 33.7 Å². The van der Waals surface area contributed by atoms with Crippen molar-refractivity contribution in [2.75, 3.05) is 0 Å². The summed E-state index contributed by atoms with van der Waals surface area (Å²) >= 11 is 12.2. The minimum absolute atomic E-state index is 0.00775. The zero-order chi connectivity index (χ0) is 20.2. The van der Waals surface area contributed by atoms with E-state index in [0.29, 0.717) is 22.6 Å². The lowest BCUT2D eigenvalue weighted by Gasteiger charge is -2.14. The van der Waals surface area contributed by atoms with Crippen LogP contribution in [0.2, 0.25) is 0 Å².